The summed E-state index contributed by atoms with van der Waals surface area (Å²) in [6, 6.07) is 12.4. The van der Waals surface area contributed by atoms with E-state index in [9.17, 15) is 9.18 Å². The van der Waals surface area contributed by atoms with Crippen LogP contribution in [-0.4, -0.2) is 5.91 Å². The van der Waals surface area contributed by atoms with Crippen molar-refractivity contribution in [3.8, 4) is 0 Å². The first-order valence-corrected chi connectivity index (χ1v) is 6.42. The summed E-state index contributed by atoms with van der Waals surface area (Å²) < 4.78 is 13.7. The van der Waals surface area contributed by atoms with Crippen molar-refractivity contribution in [2.24, 2.45) is 0 Å². The Kier molecular flexibility index (Phi) is 4.35. The lowest BCUT2D eigenvalue weighted by Crippen LogP contribution is -2.06. The summed E-state index contributed by atoms with van der Waals surface area (Å²) in [6.45, 7) is 3.86. The second kappa shape index (κ2) is 6.19. The van der Waals surface area contributed by atoms with E-state index in [1.54, 1.807) is 6.07 Å². The zero-order valence-electron chi connectivity index (χ0n) is 11.5. The van der Waals surface area contributed by atoms with E-state index in [1.807, 2.05) is 37.3 Å². The van der Waals surface area contributed by atoms with Crippen LogP contribution >= 0.6 is 0 Å². The van der Waals surface area contributed by atoms with E-state index in [0.29, 0.717) is 12.2 Å². The minimum Gasteiger partial charge on any atom is -0.378 e. The van der Waals surface area contributed by atoms with Crippen LogP contribution in [0.2, 0.25) is 0 Å². The van der Waals surface area contributed by atoms with Gasteiger partial charge in [0.2, 0.25) is 5.91 Å². The first-order valence-electron chi connectivity index (χ1n) is 6.42. The van der Waals surface area contributed by atoms with Gasteiger partial charge in [0.1, 0.15) is 5.82 Å². The van der Waals surface area contributed by atoms with Crippen LogP contribution in [0.25, 0.3) is 0 Å². The van der Waals surface area contributed by atoms with Gasteiger partial charge in [-0.2, -0.15) is 0 Å². The predicted molar refractivity (Wildman–Crippen MR) is 79.2 cm³/mol. The molecule has 0 saturated heterocycles. The molecule has 0 aliphatic heterocycles. The molecule has 20 heavy (non-hydrogen) atoms. The Bertz CT molecular complexity index is 588. The fourth-order valence-corrected chi connectivity index (χ4v) is 1.96. The maximum absolute atomic E-state index is 13.7. The van der Waals surface area contributed by atoms with Crippen molar-refractivity contribution < 1.29 is 9.18 Å². The second-order valence-electron chi connectivity index (χ2n) is 4.66. The average Bonchev–Trinajstić information content (AvgIpc) is 2.39. The van der Waals surface area contributed by atoms with Crippen LogP contribution in [0.4, 0.5) is 15.8 Å². The van der Waals surface area contributed by atoms with Crippen molar-refractivity contribution in [1.29, 1.82) is 0 Å². The molecule has 0 aliphatic rings. The van der Waals surface area contributed by atoms with E-state index >= 15 is 0 Å². The fraction of sp³-hybridized carbons (Fsp3) is 0.188. The van der Waals surface area contributed by atoms with E-state index < -0.39 is 0 Å². The van der Waals surface area contributed by atoms with E-state index in [-0.39, 0.29) is 11.7 Å². The molecule has 0 unspecified atom stereocenters. The summed E-state index contributed by atoms with van der Waals surface area (Å²) in [5, 5.41) is 5.80. The third-order valence-electron chi connectivity index (χ3n) is 2.97. The fourth-order valence-electron chi connectivity index (χ4n) is 1.96. The zero-order valence-corrected chi connectivity index (χ0v) is 11.5. The molecule has 0 bridgehead atoms. The van der Waals surface area contributed by atoms with Gasteiger partial charge in [0.15, 0.2) is 0 Å². The molecule has 4 heteroatoms. The van der Waals surface area contributed by atoms with Crippen LogP contribution < -0.4 is 10.6 Å². The standard InChI is InChI=1S/C16H17FN2O/c1-11-4-3-5-15(17)16(11)18-10-13-6-8-14(9-7-13)19-12(2)20/h3-9,18H,10H2,1-2H3,(H,19,20). The van der Waals surface area contributed by atoms with E-state index in [1.165, 1.54) is 13.0 Å². The lowest BCUT2D eigenvalue weighted by Gasteiger charge is -2.11. The number of hydrogen-bond acceptors (Lipinski definition) is 2. The highest BCUT2D eigenvalue weighted by molar-refractivity contribution is 5.88. The molecule has 0 aromatic heterocycles. The van der Waals surface area contributed by atoms with Gasteiger partial charge in [-0.15, -0.1) is 0 Å². The zero-order chi connectivity index (χ0) is 14.5. The topological polar surface area (TPSA) is 41.1 Å². The number of anilines is 2. The van der Waals surface area contributed by atoms with Crippen molar-refractivity contribution >= 4 is 17.3 Å². The molecular formula is C16H17FN2O. The first kappa shape index (κ1) is 14.1. The highest BCUT2D eigenvalue weighted by Gasteiger charge is 2.04. The third kappa shape index (κ3) is 3.57. The molecular weight excluding hydrogens is 255 g/mol. The molecule has 2 aromatic rings. The summed E-state index contributed by atoms with van der Waals surface area (Å²) in [5.41, 5.74) is 3.17. The maximum Gasteiger partial charge on any atom is 0.221 e. The Hall–Kier alpha value is -2.36. The Morgan fingerprint density at radius 2 is 1.85 bits per heavy atom. The maximum atomic E-state index is 13.7. The quantitative estimate of drug-likeness (QED) is 0.891. The Balaban J connectivity index is 2.02. The highest BCUT2D eigenvalue weighted by Crippen LogP contribution is 2.20. The van der Waals surface area contributed by atoms with Gasteiger partial charge < -0.3 is 10.6 Å². The summed E-state index contributed by atoms with van der Waals surface area (Å²) in [6.07, 6.45) is 0. The van der Waals surface area contributed by atoms with Crippen LogP contribution in [0.15, 0.2) is 42.5 Å². The number of benzene rings is 2. The average molecular weight is 272 g/mol. The van der Waals surface area contributed by atoms with E-state index in [0.717, 1.165) is 16.8 Å². The predicted octanol–water partition coefficient (Wildman–Crippen LogP) is 3.70. The number of amides is 1. The van der Waals surface area contributed by atoms with Gasteiger partial charge in [-0.1, -0.05) is 24.3 Å². The summed E-state index contributed by atoms with van der Waals surface area (Å²) >= 11 is 0. The van der Waals surface area contributed by atoms with Crippen molar-refractivity contribution in [2.45, 2.75) is 20.4 Å². The smallest absolute Gasteiger partial charge is 0.221 e. The van der Waals surface area contributed by atoms with E-state index in [4.69, 9.17) is 0 Å². The molecule has 0 atom stereocenters. The van der Waals surface area contributed by atoms with Crippen LogP contribution in [0.1, 0.15) is 18.1 Å². The number of para-hydroxylation sites is 1. The second-order valence-corrected chi connectivity index (χ2v) is 4.66. The minimum atomic E-state index is -0.250. The highest BCUT2D eigenvalue weighted by atomic mass is 19.1. The molecule has 0 radical (unpaired) electrons. The van der Waals surface area contributed by atoms with Crippen LogP contribution in [-0.2, 0) is 11.3 Å². The molecule has 0 heterocycles. The normalized spacial score (nSPS) is 10.2. The molecule has 2 aromatic carbocycles. The van der Waals surface area contributed by atoms with Gasteiger partial charge in [0.05, 0.1) is 5.69 Å². The molecule has 0 aliphatic carbocycles. The molecule has 3 nitrogen and oxygen atoms in total. The third-order valence-corrected chi connectivity index (χ3v) is 2.97. The van der Waals surface area contributed by atoms with Crippen molar-refractivity contribution in [3.05, 3.63) is 59.4 Å². The van der Waals surface area contributed by atoms with Crippen LogP contribution in [0, 0.1) is 12.7 Å². The summed E-state index contributed by atoms with van der Waals surface area (Å²) in [5.74, 6) is -0.349. The molecule has 104 valence electrons. The molecule has 0 spiro atoms. The molecule has 0 fully saturated rings. The number of halogens is 1. The summed E-state index contributed by atoms with van der Waals surface area (Å²) in [4.78, 5) is 10.9. The van der Waals surface area contributed by atoms with Crippen molar-refractivity contribution in [2.75, 3.05) is 10.6 Å². The lowest BCUT2D eigenvalue weighted by atomic mass is 10.1. The lowest BCUT2D eigenvalue weighted by molar-refractivity contribution is -0.114. The van der Waals surface area contributed by atoms with Gasteiger partial charge in [-0.3, -0.25) is 4.79 Å². The first-order chi connectivity index (χ1) is 9.56. The van der Waals surface area contributed by atoms with Crippen LogP contribution in [0.5, 0.6) is 0 Å². The van der Waals surface area contributed by atoms with E-state index in [2.05, 4.69) is 10.6 Å². The Morgan fingerprint density at radius 3 is 2.45 bits per heavy atom. The number of nitrogens with one attached hydrogen (secondary N) is 2. The van der Waals surface area contributed by atoms with Crippen molar-refractivity contribution in [1.82, 2.24) is 0 Å². The van der Waals surface area contributed by atoms with Gasteiger partial charge in [0.25, 0.3) is 0 Å². The molecule has 0 saturated carbocycles. The van der Waals surface area contributed by atoms with Gasteiger partial charge in [-0.05, 0) is 36.2 Å². The molecule has 1 amide bonds. The molecule has 2 N–H and O–H groups in total. The summed E-state index contributed by atoms with van der Waals surface area (Å²) in [7, 11) is 0. The minimum absolute atomic E-state index is 0.0992. The Morgan fingerprint density at radius 1 is 1.15 bits per heavy atom. The largest absolute Gasteiger partial charge is 0.378 e. The number of rotatable bonds is 4. The Labute approximate surface area is 117 Å². The SMILES string of the molecule is CC(=O)Nc1ccc(CNc2c(C)cccc2F)cc1. The number of carbonyl (C=O) groups is 1. The van der Waals surface area contributed by atoms with Crippen LogP contribution in [0.3, 0.4) is 0 Å². The van der Waals surface area contributed by atoms with Gasteiger partial charge in [-0.25, -0.2) is 4.39 Å². The van der Waals surface area contributed by atoms with Crippen molar-refractivity contribution in [3.63, 3.8) is 0 Å². The number of hydrogen-bond donors (Lipinski definition) is 2. The molecule has 2 rings (SSSR count). The van der Waals surface area contributed by atoms with Gasteiger partial charge in [0, 0.05) is 19.2 Å². The monoisotopic (exact) mass is 272 g/mol. The van der Waals surface area contributed by atoms with Gasteiger partial charge >= 0.3 is 0 Å². The number of carbonyl (C=O) groups excluding carboxylic acids is 1. The number of aryl methyl sites for hydroxylation is 1.